The van der Waals surface area contributed by atoms with E-state index >= 15 is 0 Å². The molecule has 0 aliphatic heterocycles. The molecule has 0 radical (unpaired) electrons. The maximum atomic E-state index is 8.51. The lowest BCUT2D eigenvalue weighted by Crippen LogP contribution is -2.32. The van der Waals surface area contributed by atoms with Gasteiger partial charge in [-0.2, -0.15) is 0 Å². The summed E-state index contributed by atoms with van der Waals surface area (Å²) in [6, 6.07) is 4.15. The molecule has 0 bridgehead atoms. The molecule has 0 spiro atoms. The van der Waals surface area contributed by atoms with Gasteiger partial charge in [0, 0.05) is 30.9 Å². The number of oxime groups is 1. The van der Waals surface area contributed by atoms with Crippen LogP contribution in [0.5, 0.6) is 0 Å². The molecular weight excluding hydrogens is 204 g/mol. The van der Waals surface area contributed by atoms with Crippen LogP contribution >= 0.6 is 0 Å². The molecule has 1 rings (SSSR count). The Hall–Kier alpha value is -1.62. The maximum absolute atomic E-state index is 8.51. The Bertz CT molecular complexity index is 339. The third-order valence-corrected chi connectivity index (χ3v) is 2.56. The molecule has 1 unspecified atom stereocenters. The van der Waals surface area contributed by atoms with Gasteiger partial charge in [0.15, 0.2) is 0 Å². The molecule has 5 heteroatoms. The molecular formula is C11H18N4O. The number of nitrogens with one attached hydrogen (secondary N) is 1. The lowest BCUT2D eigenvalue weighted by molar-refractivity contribution is 0.313. The molecule has 0 aliphatic rings. The van der Waals surface area contributed by atoms with Gasteiger partial charge in [0.2, 0.25) is 0 Å². The third kappa shape index (κ3) is 3.51. The summed E-state index contributed by atoms with van der Waals surface area (Å²) in [7, 11) is 0. The molecule has 0 fully saturated rings. The lowest BCUT2D eigenvalue weighted by Gasteiger charge is -2.17. The first-order valence-electron chi connectivity index (χ1n) is 5.26. The summed E-state index contributed by atoms with van der Waals surface area (Å²) in [6.07, 6.45) is 3.53. The normalized spacial score (nSPS) is 15.8. The van der Waals surface area contributed by atoms with Crippen molar-refractivity contribution in [1.82, 2.24) is 10.3 Å². The Labute approximate surface area is 95.4 Å². The summed E-state index contributed by atoms with van der Waals surface area (Å²) in [6.45, 7) is 4.63. The van der Waals surface area contributed by atoms with Crippen LogP contribution in [-0.4, -0.2) is 22.6 Å². The van der Waals surface area contributed by atoms with Gasteiger partial charge in [-0.05, 0) is 24.6 Å². The SMILES string of the molecule is CC(CN[C@@H](C)c1ccncc1)/C(N)=N/O. The van der Waals surface area contributed by atoms with E-state index in [2.05, 4.69) is 22.4 Å². The topological polar surface area (TPSA) is 83.5 Å². The molecule has 1 heterocycles. The fourth-order valence-corrected chi connectivity index (χ4v) is 1.33. The second-order valence-corrected chi connectivity index (χ2v) is 3.84. The highest BCUT2D eigenvalue weighted by Gasteiger charge is 2.10. The second kappa shape index (κ2) is 6.07. The zero-order valence-electron chi connectivity index (χ0n) is 9.59. The van der Waals surface area contributed by atoms with E-state index < -0.39 is 0 Å². The minimum atomic E-state index is 0.00860. The largest absolute Gasteiger partial charge is 0.409 e. The minimum absolute atomic E-state index is 0.00860. The summed E-state index contributed by atoms with van der Waals surface area (Å²) in [5.41, 5.74) is 6.66. The standard InChI is InChI=1S/C11H18N4O/c1-8(11(12)15-16)7-14-9(2)10-3-5-13-6-4-10/h3-6,8-9,14,16H,7H2,1-2H3,(H2,12,15)/t8?,9-/m0/s1. The quantitative estimate of drug-likeness (QED) is 0.301. The van der Waals surface area contributed by atoms with E-state index in [0.29, 0.717) is 6.54 Å². The van der Waals surface area contributed by atoms with E-state index in [-0.39, 0.29) is 17.8 Å². The van der Waals surface area contributed by atoms with Gasteiger partial charge in [-0.25, -0.2) is 0 Å². The van der Waals surface area contributed by atoms with Crippen LogP contribution in [0.2, 0.25) is 0 Å². The maximum Gasteiger partial charge on any atom is 0.143 e. The van der Waals surface area contributed by atoms with Crippen LogP contribution in [0.15, 0.2) is 29.7 Å². The lowest BCUT2D eigenvalue weighted by atomic mass is 10.1. The number of nitrogens with zero attached hydrogens (tertiary/aromatic N) is 2. The summed E-state index contributed by atoms with van der Waals surface area (Å²) in [4.78, 5) is 3.96. The molecule has 0 aliphatic carbocycles. The van der Waals surface area contributed by atoms with Gasteiger partial charge in [-0.3, -0.25) is 4.98 Å². The number of amidine groups is 1. The van der Waals surface area contributed by atoms with E-state index in [4.69, 9.17) is 10.9 Å². The molecule has 2 atom stereocenters. The van der Waals surface area contributed by atoms with Crippen LogP contribution in [0, 0.1) is 5.92 Å². The van der Waals surface area contributed by atoms with E-state index in [0.717, 1.165) is 0 Å². The van der Waals surface area contributed by atoms with Gasteiger partial charge in [0.1, 0.15) is 5.84 Å². The van der Waals surface area contributed by atoms with Crippen LogP contribution in [-0.2, 0) is 0 Å². The predicted octanol–water partition coefficient (Wildman–Crippen LogP) is 1.11. The molecule has 1 aromatic heterocycles. The molecule has 5 nitrogen and oxygen atoms in total. The van der Waals surface area contributed by atoms with Gasteiger partial charge in [-0.15, -0.1) is 0 Å². The Morgan fingerprint density at radius 3 is 2.69 bits per heavy atom. The van der Waals surface area contributed by atoms with Gasteiger partial charge >= 0.3 is 0 Å². The van der Waals surface area contributed by atoms with Crippen molar-refractivity contribution < 1.29 is 5.21 Å². The minimum Gasteiger partial charge on any atom is -0.409 e. The number of nitrogens with two attached hydrogens (primary N) is 1. The van der Waals surface area contributed by atoms with Crippen LogP contribution in [0.3, 0.4) is 0 Å². The smallest absolute Gasteiger partial charge is 0.143 e. The molecule has 16 heavy (non-hydrogen) atoms. The fraction of sp³-hybridized carbons (Fsp3) is 0.455. The van der Waals surface area contributed by atoms with Crippen molar-refractivity contribution in [3.8, 4) is 0 Å². The Morgan fingerprint density at radius 2 is 2.12 bits per heavy atom. The number of pyridine rings is 1. The average Bonchev–Trinajstić information content (AvgIpc) is 2.35. The van der Waals surface area contributed by atoms with E-state index in [1.807, 2.05) is 19.1 Å². The highest BCUT2D eigenvalue weighted by Crippen LogP contribution is 2.10. The van der Waals surface area contributed by atoms with Gasteiger partial charge in [0.05, 0.1) is 0 Å². The van der Waals surface area contributed by atoms with Crippen molar-refractivity contribution in [3.05, 3.63) is 30.1 Å². The highest BCUT2D eigenvalue weighted by atomic mass is 16.4. The number of hydrogen-bond donors (Lipinski definition) is 3. The fourth-order valence-electron chi connectivity index (χ4n) is 1.33. The zero-order chi connectivity index (χ0) is 12.0. The van der Waals surface area contributed by atoms with Crippen molar-refractivity contribution in [2.45, 2.75) is 19.9 Å². The van der Waals surface area contributed by atoms with Crippen molar-refractivity contribution >= 4 is 5.84 Å². The molecule has 0 amide bonds. The molecule has 88 valence electrons. The first-order valence-corrected chi connectivity index (χ1v) is 5.26. The first-order chi connectivity index (χ1) is 7.65. The Balaban J connectivity index is 2.45. The molecule has 0 aromatic carbocycles. The van der Waals surface area contributed by atoms with Crippen molar-refractivity contribution in [2.24, 2.45) is 16.8 Å². The second-order valence-electron chi connectivity index (χ2n) is 3.84. The molecule has 0 saturated carbocycles. The summed E-state index contributed by atoms with van der Waals surface area (Å²) in [5.74, 6) is 0.253. The highest BCUT2D eigenvalue weighted by molar-refractivity contribution is 5.82. The predicted molar refractivity (Wildman–Crippen MR) is 63.2 cm³/mol. The van der Waals surface area contributed by atoms with Gasteiger partial charge < -0.3 is 16.3 Å². The van der Waals surface area contributed by atoms with E-state index in [1.165, 1.54) is 5.56 Å². The summed E-state index contributed by atoms with van der Waals surface area (Å²) >= 11 is 0. The average molecular weight is 222 g/mol. The Kier molecular flexibility index (Phi) is 4.72. The third-order valence-electron chi connectivity index (χ3n) is 2.56. The van der Waals surface area contributed by atoms with Crippen molar-refractivity contribution in [1.29, 1.82) is 0 Å². The zero-order valence-corrected chi connectivity index (χ0v) is 9.59. The molecule has 0 saturated heterocycles. The monoisotopic (exact) mass is 222 g/mol. The summed E-state index contributed by atoms with van der Waals surface area (Å²) in [5, 5.41) is 14.8. The van der Waals surface area contributed by atoms with Crippen molar-refractivity contribution in [3.63, 3.8) is 0 Å². The van der Waals surface area contributed by atoms with Crippen LogP contribution in [0.1, 0.15) is 25.5 Å². The number of rotatable bonds is 5. The van der Waals surface area contributed by atoms with Crippen molar-refractivity contribution in [2.75, 3.05) is 6.54 Å². The Morgan fingerprint density at radius 1 is 1.50 bits per heavy atom. The van der Waals surface area contributed by atoms with Crippen LogP contribution in [0.4, 0.5) is 0 Å². The number of aromatic nitrogens is 1. The molecule has 1 aromatic rings. The van der Waals surface area contributed by atoms with Crippen LogP contribution in [0.25, 0.3) is 0 Å². The van der Waals surface area contributed by atoms with Crippen LogP contribution < -0.4 is 11.1 Å². The van der Waals surface area contributed by atoms with E-state index in [9.17, 15) is 0 Å². The molecule has 4 N–H and O–H groups in total. The summed E-state index contributed by atoms with van der Waals surface area (Å²) < 4.78 is 0. The number of hydrogen-bond acceptors (Lipinski definition) is 4. The van der Waals surface area contributed by atoms with Gasteiger partial charge in [-0.1, -0.05) is 12.1 Å². The van der Waals surface area contributed by atoms with Gasteiger partial charge in [0.25, 0.3) is 0 Å². The first kappa shape index (κ1) is 12.4. The van der Waals surface area contributed by atoms with E-state index in [1.54, 1.807) is 12.4 Å².